The second-order valence-electron chi connectivity index (χ2n) is 4.20. The molecule has 1 heterocycles. The van der Waals surface area contributed by atoms with Crippen LogP contribution in [-0.4, -0.2) is 11.7 Å². The van der Waals surface area contributed by atoms with Gasteiger partial charge >= 0.3 is 0 Å². The molecule has 0 bridgehead atoms. The first kappa shape index (κ1) is 11.7. The lowest BCUT2D eigenvalue weighted by atomic mass is 10.2. The van der Waals surface area contributed by atoms with Gasteiger partial charge in [-0.3, -0.25) is 0 Å². The number of aromatic nitrogens is 1. The Hall–Kier alpha value is -1.39. The molecule has 0 aliphatic heterocycles. The van der Waals surface area contributed by atoms with E-state index in [-0.39, 0.29) is 5.60 Å². The van der Waals surface area contributed by atoms with Crippen molar-refractivity contribution < 1.29 is 4.74 Å². The molecular weight excluding hydrogens is 268 g/mol. The molecule has 0 atom stereocenters. The van der Waals surface area contributed by atoms with Gasteiger partial charge in [-0.2, -0.15) is 0 Å². The fraction of sp³-hybridized carbons (Fsp3) is 0.231. The van der Waals surface area contributed by atoms with Crippen LogP contribution in [0.15, 0.2) is 34.6 Å². The number of halogens is 1. The summed E-state index contributed by atoms with van der Waals surface area (Å²) in [6, 6.07) is 7.50. The van der Waals surface area contributed by atoms with E-state index < -0.39 is 0 Å². The number of hydrogen-bond donors (Lipinski definition) is 0. The van der Waals surface area contributed by atoms with Gasteiger partial charge in [-0.1, -0.05) is 23.7 Å². The van der Waals surface area contributed by atoms with Crippen LogP contribution in [0.25, 0.3) is 0 Å². The first-order valence-electron chi connectivity index (χ1n) is 5.60. The maximum Gasteiger partial charge on any atom is 0.208 e. The molecule has 3 nitrogen and oxygen atoms in total. The maximum absolute atomic E-state index is 6.11. The highest BCUT2D eigenvalue weighted by molar-refractivity contribution is 7.13. The van der Waals surface area contributed by atoms with Gasteiger partial charge in [-0.25, -0.2) is 9.98 Å². The van der Waals surface area contributed by atoms with Crippen LogP contribution in [0.4, 0.5) is 5.13 Å². The lowest BCUT2D eigenvalue weighted by molar-refractivity contribution is 0.177. The molecule has 0 saturated heterocycles. The van der Waals surface area contributed by atoms with E-state index in [1.54, 1.807) is 0 Å². The van der Waals surface area contributed by atoms with Gasteiger partial charge in [0.1, 0.15) is 5.75 Å². The minimum atomic E-state index is -0.315. The molecule has 0 unspecified atom stereocenters. The largest absolute Gasteiger partial charge is 0.479 e. The van der Waals surface area contributed by atoms with Gasteiger partial charge < -0.3 is 4.74 Å². The first-order chi connectivity index (χ1) is 8.73. The molecule has 0 radical (unpaired) electrons. The molecule has 1 saturated carbocycles. The normalized spacial score (nSPS) is 16.3. The molecule has 1 aliphatic rings. The second kappa shape index (κ2) is 4.37. The van der Waals surface area contributed by atoms with Gasteiger partial charge in [0.25, 0.3) is 0 Å². The van der Waals surface area contributed by atoms with Crippen molar-refractivity contribution in [3.8, 4) is 5.75 Å². The zero-order valence-corrected chi connectivity index (χ0v) is 11.2. The fourth-order valence-electron chi connectivity index (χ4n) is 1.81. The highest BCUT2D eigenvalue weighted by Gasteiger charge is 2.49. The van der Waals surface area contributed by atoms with Crippen LogP contribution in [0.5, 0.6) is 5.75 Å². The van der Waals surface area contributed by atoms with E-state index in [4.69, 9.17) is 16.3 Å². The number of thiazole rings is 1. The molecule has 5 heteroatoms. The zero-order chi connectivity index (χ0) is 12.6. The molecule has 1 aromatic heterocycles. The molecule has 18 heavy (non-hydrogen) atoms. The summed E-state index contributed by atoms with van der Waals surface area (Å²) in [6.45, 7) is 3.48. The summed E-state index contributed by atoms with van der Waals surface area (Å²) in [5, 5.41) is 3.29. The van der Waals surface area contributed by atoms with Gasteiger partial charge in [0.05, 0.1) is 10.7 Å². The third-order valence-electron chi connectivity index (χ3n) is 2.94. The molecule has 1 aromatic carbocycles. The van der Waals surface area contributed by atoms with E-state index in [9.17, 15) is 0 Å². The molecule has 0 amide bonds. The monoisotopic (exact) mass is 278 g/mol. The number of benzene rings is 1. The van der Waals surface area contributed by atoms with E-state index in [2.05, 4.69) is 16.7 Å². The Morgan fingerprint density at radius 1 is 1.39 bits per heavy atom. The van der Waals surface area contributed by atoms with Crippen LogP contribution in [0.3, 0.4) is 0 Å². The Morgan fingerprint density at radius 3 is 2.78 bits per heavy atom. The second-order valence-corrected chi connectivity index (χ2v) is 5.44. The Labute approximate surface area is 114 Å². The zero-order valence-electron chi connectivity index (χ0n) is 9.60. The van der Waals surface area contributed by atoms with Crippen LogP contribution < -0.4 is 4.74 Å². The number of hydrogen-bond acceptors (Lipinski definition) is 4. The fourth-order valence-corrected chi connectivity index (χ4v) is 2.69. The van der Waals surface area contributed by atoms with Crippen molar-refractivity contribution in [2.45, 2.75) is 18.4 Å². The first-order valence-corrected chi connectivity index (χ1v) is 6.85. The van der Waals surface area contributed by atoms with Crippen molar-refractivity contribution in [1.29, 1.82) is 0 Å². The van der Waals surface area contributed by atoms with Crippen LogP contribution in [0, 0.1) is 0 Å². The molecule has 1 aliphatic carbocycles. The van der Waals surface area contributed by atoms with Gasteiger partial charge in [-0.15, -0.1) is 11.3 Å². The predicted octanol–water partition coefficient (Wildman–Crippen LogP) is 4.20. The third kappa shape index (κ3) is 2.02. The quantitative estimate of drug-likeness (QED) is 0.786. The lowest BCUT2D eigenvalue weighted by Crippen LogP contribution is -2.16. The Morgan fingerprint density at radius 2 is 2.17 bits per heavy atom. The van der Waals surface area contributed by atoms with Crippen molar-refractivity contribution in [2.75, 3.05) is 0 Å². The van der Waals surface area contributed by atoms with Gasteiger partial charge in [-0.05, 0) is 31.7 Å². The molecule has 0 spiro atoms. The van der Waals surface area contributed by atoms with Crippen molar-refractivity contribution in [1.82, 2.24) is 4.98 Å². The summed E-state index contributed by atoms with van der Waals surface area (Å²) in [4.78, 5) is 8.24. The maximum atomic E-state index is 6.11. The number of ether oxygens (including phenoxy) is 1. The molecule has 1 fully saturated rings. The third-order valence-corrected chi connectivity index (χ3v) is 4.02. The summed E-state index contributed by atoms with van der Waals surface area (Å²) in [7, 11) is 0. The number of nitrogens with zero attached hydrogens (tertiary/aromatic N) is 2. The molecule has 2 aromatic rings. The van der Waals surface area contributed by atoms with E-state index in [0.29, 0.717) is 15.9 Å². The summed E-state index contributed by atoms with van der Waals surface area (Å²) in [5.41, 5.74) is 0.611. The van der Waals surface area contributed by atoms with Gasteiger partial charge in [0.15, 0.2) is 5.60 Å². The predicted molar refractivity (Wildman–Crippen MR) is 74.3 cm³/mol. The average molecular weight is 279 g/mol. The van der Waals surface area contributed by atoms with Crippen LogP contribution in [0.1, 0.15) is 18.5 Å². The highest BCUT2D eigenvalue weighted by Crippen LogP contribution is 2.50. The minimum absolute atomic E-state index is 0.315. The van der Waals surface area contributed by atoms with Crippen molar-refractivity contribution in [2.24, 2.45) is 4.99 Å². The van der Waals surface area contributed by atoms with Crippen LogP contribution in [-0.2, 0) is 5.60 Å². The Bertz CT molecular complexity index is 592. The Kier molecular flexibility index (Phi) is 2.84. The van der Waals surface area contributed by atoms with E-state index in [0.717, 1.165) is 18.5 Å². The van der Waals surface area contributed by atoms with Crippen LogP contribution >= 0.6 is 22.9 Å². The van der Waals surface area contributed by atoms with E-state index in [1.807, 2.05) is 29.6 Å². The molecule has 3 rings (SSSR count). The minimum Gasteiger partial charge on any atom is -0.479 e. The van der Waals surface area contributed by atoms with Crippen molar-refractivity contribution >= 4 is 34.8 Å². The Balaban J connectivity index is 1.88. The summed E-state index contributed by atoms with van der Waals surface area (Å²) in [5.74, 6) is 0.706. The van der Waals surface area contributed by atoms with E-state index >= 15 is 0 Å². The number of rotatable bonds is 4. The van der Waals surface area contributed by atoms with E-state index in [1.165, 1.54) is 11.3 Å². The summed E-state index contributed by atoms with van der Waals surface area (Å²) in [6.07, 6.45) is 1.91. The van der Waals surface area contributed by atoms with Crippen molar-refractivity contribution in [3.05, 3.63) is 40.4 Å². The number of aliphatic imine (C=N–C) groups is 1. The molecular formula is C13H11ClN2OS. The van der Waals surface area contributed by atoms with Gasteiger partial charge in [0, 0.05) is 5.38 Å². The summed E-state index contributed by atoms with van der Waals surface area (Å²) >= 11 is 7.58. The lowest BCUT2D eigenvalue weighted by Gasteiger charge is -2.16. The topological polar surface area (TPSA) is 34.5 Å². The molecule has 0 N–H and O–H groups in total. The smallest absolute Gasteiger partial charge is 0.208 e. The highest BCUT2D eigenvalue weighted by atomic mass is 35.5. The molecule has 92 valence electrons. The standard InChI is InChI=1S/C13H11ClN2OS/c1-15-12-16-11(8-18-12)13(6-7-13)17-10-5-3-2-4-9(10)14/h2-5,8H,1,6-7H2. The van der Waals surface area contributed by atoms with Crippen LogP contribution in [0.2, 0.25) is 5.02 Å². The SMILES string of the molecule is C=Nc1nc(C2(Oc3ccccc3Cl)CC2)cs1. The summed E-state index contributed by atoms with van der Waals surface area (Å²) < 4.78 is 6.04. The number of para-hydroxylation sites is 1. The van der Waals surface area contributed by atoms with Crippen molar-refractivity contribution in [3.63, 3.8) is 0 Å². The van der Waals surface area contributed by atoms with Gasteiger partial charge in [0.2, 0.25) is 5.13 Å². The average Bonchev–Trinajstić information content (AvgIpc) is 3.00.